The lowest BCUT2D eigenvalue weighted by Crippen LogP contribution is -2.56. The number of benzene rings is 1. The number of amides is 1. The molecule has 13 rings (SSSR count). The van der Waals surface area contributed by atoms with E-state index >= 15 is 0 Å². The summed E-state index contributed by atoms with van der Waals surface area (Å²) in [5, 5.41) is 13.7. The molecule has 24 heteroatoms. The first-order valence-electron chi connectivity index (χ1n) is 38.7. The summed E-state index contributed by atoms with van der Waals surface area (Å²) in [6.45, 7) is 26.3. The van der Waals surface area contributed by atoms with Crippen molar-refractivity contribution in [2.45, 2.75) is 306 Å². The highest BCUT2D eigenvalue weighted by atomic mass is 16.7. The minimum absolute atomic E-state index is 0. The molecule has 9 aliphatic heterocycles. The Morgan fingerprint density at radius 1 is 0.629 bits per heavy atom. The minimum atomic E-state index is -0.879. The van der Waals surface area contributed by atoms with Gasteiger partial charge in [0, 0.05) is 64.6 Å². The van der Waals surface area contributed by atoms with E-state index in [1.54, 1.807) is 21.3 Å². The second-order valence-electron chi connectivity index (χ2n) is 32.9. The van der Waals surface area contributed by atoms with Crippen LogP contribution in [0.15, 0.2) is 59.7 Å². The fraction of sp³-hybridized carbons (Fsp3) is 0.815. The highest BCUT2D eigenvalue weighted by Gasteiger charge is 2.75. The van der Waals surface area contributed by atoms with Crippen LogP contribution >= 0.6 is 0 Å². The summed E-state index contributed by atoms with van der Waals surface area (Å²) in [6.07, 6.45) is 24.5. The van der Waals surface area contributed by atoms with Crippen molar-refractivity contribution in [2.75, 3.05) is 95.0 Å². The Morgan fingerprint density at radius 2 is 1.06 bits per heavy atom. The average molecular weight is 1480 g/mol. The second kappa shape index (κ2) is 36.9. The number of nitrogens with two attached hydrogens (primary N) is 1. The van der Waals surface area contributed by atoms with Crippen LogP contribution in [0.1, 0.15) is 199 Å². The van der Waals surface area contributed by atoms with Gasteiger partial charge in [0.05, 0.1) is 54.7 Å². The van der Waals surface area contributed by atoms with Crippen LogP contribution < -0.4 is 15.8 Å². The number of methoxy groups -OCH3 is 3. The molecule has 12 aliphatic rings. The number of nitrogens with one attached hydrogen (secondary N) is 1. The van der Waals surface area contributed by atoms with Gasteiger partial charge in [-0.3, -0.25) is 14.9 Å². The standard InChI is InChI=1S/C25H41NO5.C24H40N2O5.C23H29NO8.C7H16N2.2CH4/c1-17(2)11-12-20-24(3,31-20)23-22(28-5)19(13-14-25(23)16-29-25)30-21(27)10-6-8-18-9-7-15-26(18)4;1-16(2)8-9-19-23(3,31-19)21-20(28-5)18(10-12-24(21)15-29-24)30-22(27)25-13-11-17-7-6-14-26(17)4;1-14(2)5-10-18-22(3,32-18)20-19(28-4)17(11-12-23(20)13-29-23)31-21(25)30-16-8-6-15(7-9-16)24(26)27;1-9-6-2-3-7(9)4-5-8;;/h11,18-20,22-23H,6-10,12-16H2,1-5H3;8,17-21H,6-7,9-15H2,1-5H3,(H,25,27);5-10,14,17-20H,11-13H2,1-4H3;7H,2-6,8H2,1H3;2*1H4/b;;10-5+;;;/t18?,19-,20-,22-,23-,24+,25+;17?,18-,19-,20-,21?,23+,24+;17-,18-,19-,20?,22+,23+;;;/m111.../s1. The Labute approximate surface area is 627 Å². The number of nitrogens with zero attached hydrogens (tertiary/aromatic N) is 4. The molecule has 105 heavy (non-hydrogen) atoms. The monoisotopic (exact) mass is 1480 g/mol. The number of allylic oxidation sites excluding steroid dienone is 3. The first kappa shape index (κ1) is 85.9. The zero-order valence-corrected chi connectivity index (χ0v) is 64.7. The Hall–Kier alpha value is -4.67. The van der Waals surface area contributed by atoms with Crippen LogP contribution in [0.25, 0.3) is 0 Å². The predicted octanol–water partition coefficient (Wildman–Crippen LogP) is 12.9. The molecular formula is C81H134N6O18. The number of non-ortho nitro benzene ring substituents is 1. The van der Waals surface area contributed by atoms with Gasteiger partial charge in [0.1, 0.15) is 82.1 Å². The van der Waals surface area contributed by atoms with Gasteiger partial charge in [-0.25, -0.2) is 9.59 Å². The number of nitro benzene ring substituents is 1. The van der Waals surface area contributed by atoms with Crippen LogP contribution in [0.3, 0.4) is 0 Å². The molecule has 3 spiro atoms. The number of ether oxygens (including phenoxy) is 13. The lowest BCUT2D eigenvalue weighted by atomic mass is 9.68. The van der Waals surface area contributed by atoms with Crippen LogP contribution in [0.5, 0.6) is 5.75 Å². The number of alkyl carbamates (subject to hydrolysis) is 1. The predicted molar refractivity (Wildman–Crippen MR) is 403 cm³/mol. The molecule has 5 unspecified atom stereocenters. The normalized spacial score (nSPS) is 38.1. The van der Waals surface area contributed by atoms with Gasteiger partial charge in [-0.1, -0.05) is 64.2 Å². The van der Waals surface area contributed by atoms with Crippen LogP contribution in [0.2, 0.25) is 0 Å². The second-order valence-corrected chi connectivity index (χ2v) is 32.9. The SMILES string of the molecule is C.C.CN1CCCC1CCN.CO[C@@H]1[C@H](OC(=O)CCCC2CCCN2C)CC[C@]2(CO2)[C@H]1[C@@]1(C)O[C@@H]1CC=C(C)C.CO[C@H]1C([C@@]2(C)O[C@@H]2/C=C/C(C)C)[C@]2(CC[C@H]1OC(=O)Oc1ccc([N+](=O)[O-])cc1)CO2.CO[C@H]1C([C@@]2(C)O[C@@H]2CC=C(C)C)[C@]2(CC[C@H]1OC(=O)NCCC1CCCN1C)CO2. The quantitative estimate of drug-likeness (QED) is 0.0166. The molecule has 24 nitrogen and oxygen atoms in total. The highest BCUT2D eigenvalue weighted by Crippen LogP contribution is 2.62. The van der Waals surface area contributed by atoms with Crippen molar-refractivity contribution in [3.8, 4) is 5.75 Å². The molecule has 0 bridgehead atoms. The molecular weight excluding hydrogens is 1340 g/mol. The van der Waals surface area contributed by atoms with Crippen molar-refractivity contribution in [1.82, 2.24) is 20.0 Å². The number of nitro groups is 1. The summed E-state index contributed by atoms with van der Waals surface area (Å²) in [5.74, 6) is 0.526. The van der Waals surface area contributed by atoms with E-state index in [1.807, 2.05) is 0 Å². The van der Waals surface area contributed by atoms with Crippen LogP contribution in [-0.2, 0) is 61.6 Å². The first-order valence-corrected chi connectivity index (χ1v) is 38.7. The molecule has 21 atom stereocenters. The largest absolute Gasteiger partial charge is 0.514 e. The maximum absolute atomic E-state index is 12.7. The van der Waals surface area contributed by atoms with Crippen molar-refractivity contribution in [1.29, 1.82) is 0 Å². The molecule has 0 radical (unpaired) electrons. The Kier molecular flexibility index (Phi) is 30.2. The number of likely N-dealkylation sites (tertiary alicyclic amines) is 3. The Bertz CT molecular complexity index is 2960. The van der Waals surface area contributed by atoms with Crippen molar-refractivity contribution in [3.05, 3.63) is 69.8 Å². The van der Waals surface area contributed by atoms with E-state index in [0.29, 0.717) is 44.0 Å². The third-order valence-corrected chi connectivity index (χ3v) is 24.8. The van der Waals surface area contributed by atoms with Crippen LogP contribution in [-0.4, -0.2) is 240 Å². The van der Waals surface area contributed by atoms with E-state index < -0.39 is 28.9 Å². The van der Waals surface area contributed by atoms with E-state index in [9.17, 15) is 24.5 Å². The van der Waals surface area contributed by atoms with Gasteiger partial charge in [-0.15, -0.1) is 0 Å². The molecule has 1 amide bonds. The Balaban J connectivity index is 0.000000186. The molecule has 9 saturated heterocycles. The Morgan fingerprint density at radius 3 is 1.46 bits per heavy atom. The summed E-state index contributed by atoms with van der Waals surface area (Å²) in [5.41, 5.74) is 6.19. The topological polar surface area (TPSA) is 282 Å². The lowest BCUT2D eigenvalue weighted by Gasteiger charge is -2.42. The minimum Gasteiger partial charge on any atom is -0.460 e. The fourth-order valence-corrected chi connectivity index (χ4v) is 18.4. The highest BCUT2D eigenvalue weighted by molar-refractivity contribution is 5.69. The van der Waals surface area contributed by atoms with Gasteiger partial charge in [-0.2, -0.15) is 0 Å². The zero-order valence-electron chi connectivity index (χ0n) is 64.7. The third kappa shape index (κ3) is 21.1. The molecule has 3 saturated carbocycles. The number of hydrogen-bond acceptors (Lipinski definition) is 22. The summed E-state index contributed by atoms with van der Waals surface area (Å²) in [7, 11) is 11.6. The summed E-state index contributed by atoms with van der Waals surface area (Å²) >= 11 is 0. The smallest absolute Gasteiger partial charge is 0.460 e. The molecule has 9 heterocycles. The van der Waals surface area contributed by atoms with Crippen molar-refractivity contribution in [2.24, 2.45) is 29.4 Å². The number of epoxide rings is 6. The number of carbonyl (C=O) groups is 3. The van der Waals surface area contributed by atoms with Crippen molar-refractivity contribution >= 4 is 23.9 Å². The molecule has 3 aliphatic carbocycles. The van der Waals surface area contributed by atoms with E-state index in [0.717, 1.165) is 96.6 Å². The van der Waals surface area contributed by atoms with Gasteiger partial charge >= 0.3 is 18.2 Å². The van der Waals surface area contributed by atoms with Crippen LogP contribution in [0, 0.1) is 33.8 Å². The number of esters is 1. The van der Waals surface area contributed by atoms with Crippen LogP contribution in [0.4, 0.5) is 15.3 Å². The summed E-state index contributed by atoms with van der Waals surface area (Å²) in [6, 6.07) is 7.21. The molecule has 1 aromatic carbocycles. The van der Waals surface area contributed by atoms with Gasteiger partial charge < -0.3 is 87.3 Å². The van der Waals surface area contributed by atoms with Gasteiger partial charge in [0.15, 0.2) is 0 Å². The van der Waals surface area contributed by atoms with Gasteiger partial charge in [0.2, 0.25) is 0 Å². The van der Waals surface area contributed by atoms with E-state index in [1.165, 1.54) is 93.4 Å². The van der Waals surface area contributed by atoms with E-state index in [-0.39, 0.29) is 127 Å². The molecule has 0 aromatic heterocycles. The molecule has 12 fully saturated rings. The van der Waals surface area contributed by atoms with Gasteiger partial charge in [-0.05, 0) is 229 Å². The third-order valence-electron chi connectivity index (χ3n) is 24.8. The zero-order chi connectivity index (χ0) is 74.2. The summed E-state index contributed by atoms with van der Waals surface area (Å²) < 4.78 is 76.9. The number of rotatable bonds is 26. The fourth-order valence-electron chi connectivity index (χ4n) is 18.4. The van der Waals surface area contributed by atoms with Crippen molar-refractivity contribution < 1.29 is 80.9 Å². The summed E-state index contributed by atoms with van der Waals surface area (Å²) in [4.78, 5) is 55.1. The van der Waals surface area contributed by atoms with E-state index in [4.69, 9.17) is 67.3 Å². The average Bonchev–Trinajstić information content (AvgIpc) is 1.55. The molecule has 3 N–H and O–H groups in total. The van der Waals surface area contributed by atoms with Gasteiger partial charge in [0.25, 0.3) is 5.69 Å². The number of carbonyl (C=O) groups excluding carboxylic acids is 3. The lowest BCUT2D eigenvalue weighted by molar-refractivity contribution is -0.384. The number of hydrogen-bond donors (Lipinski definition) is 2. The molecule has 1 aromatic rings. The van der Waals surface area contributed by atoms with Crippen molar-refractivity contribution in [3.63, 3.8) is 0 Å². The maximum atomic E-state index is 12.7. The van der Waals surface area contributed by atoms with E-state index in [2.05, 4.69) is 128 Å². The maximum Gasteiger partial charge on any atom is 0.514 e. The first-order chi connectivity index (χ1) is 49.1. The molecule has 596 valence electrons.